The van der Waals surface area contributed by atoms with Crippen LogP contribution in [0.2, 0.25) is 10.0 Å². The van der Waals surface area contributed by atoms with Gasteiger partial charge in [0.05, 0.1) is 10.7 Å². The molecule has 0 amide bonds. The summed E-state index contributed by atoms with van der Waals surface area (Å²) in [6.07, 6.45) is 0. The lowest BCUT2D eigenvalue weighted by Crippen LogP contribution is -2.13. The van der Waals surface area contributed by atoms with E-state index in [9.17, 15) is 12.8 Å². The molecule has 2 aromatic carbocycles. The molecule has 0 saturated heterocycles. The summed E-state index contributed by atoms with van der Waals surface area (Å²) in [5.41, 5.74) is 0.0768. The first-order chi connectivity index (χ1) is 9.28. The molecule has 0 saturated carbocycles. The fourth-order valence-electron chi connectivity index (χ4n) is 1.51. The van der Waals surface area contributed by atoms with Crippen molar-refractivity contribution in [3.63, 3.8) is 0 Å². The highest BCUT2D eigenvalue weighted by Crippen LogP contribution is 2.28. The van der Waals surface area contributed by atoms with Crippen molar-refractivity contribution in [3.05, 3.63) is 56.7 Å². The summed E-state index contributed by atoms with van der Waals surface area (Å²) in [4.78, 5) is -0.174. The fraction of sp³-hybridized carbons (Fsp3) is 0. The number of hydrogen-bond acceptors (Lipinski definition) is 2. The maximum atomic E-state index is 13.2. The largest absolute Gasteiger partial charge is 0.279 e. The molecule has 8 heteroatoms. The lowest BCUT2D eigenvalue weighted by Gasteiger charge is -2.10. The third-order valence-corrected chi connectivity index (χ3v) is 4.85. The van der Waals surface area contributed by atoms with E-state index in [0.29, 0.717) is 4.47 Å². The third-order valence-electron chi connectivity index (χ3n) is 2.30. The summed E-state index contributed by atoms with van der Waals surface area (Å²) in [5.74, 6) is -0.575. The van der Waals surface area contributed by atoms with E-state index in [1.807, 2.05) is 0 Å². The first-order valence-corrected chi connectivity index (χ1v) is 8.25. The molecule has 0 atom stereocenters. The van der Waals surface area contributed by atoms with Crippen LogP contribution in [0, 0.1) is 5.82 Å². The Morgan fingerprint density at radius 1 is 1.10 bits per heavy atom. The highest BCUT2D eigenvalue weighted by molar-refractivity contribution is 9.10. The maximum Gasteiger partial charge on any atom is 0.263 e. The Morgan fingerprint density at radius 2 is 1.80 bits per heavy atom. The van der Waals surface area contributed by atoms with Crippen molar-refractivity contribution in [2.75, 3.05) is 4.72 Å². The SMILES string of the molecule is O=S(=O)(Nc1cc(F)cc(Br)c1)c1cc(Cl)ccc1Cl. The molecule has 20 heavy (non-hydrogen) atoms. The second-order valence-electron chi connectivity index (χ2n) is 3.84. The zero-order chi connectivity index (χ0) is 14.9. The number of halogens is 4. The topological polar surface area (TPSA) is 46.2 Å². The second-order valence-corrected chi connectivity index (χ2v) is 7.25. The van der Waals surface area contributed by atoms with Crippen LogP contribution in [0.1, 0.15) is 0 Å². The van der Waals surface area contributed by atoms with Crippen LogP contribution in [0.15, 0.2) is 45.8 Å². The van der Waals surface area contributed by atoms with E-state index >= 15 is 0 Å². The zero-order valence-corrected chi connectivity index (χ0v) is 13.6. The Morgan fingerprint density at radius 3 is 2.45 bits per heavy atom. The van der Waals surface area contributed by atoms with Crippen LogP contribution in [-0.2, 0) is 10.0 Å². The summed E-state index contributed by atoms with van der Waals surface area (Å²) in [5, 5.41) is 0.257. The summed E-state index contributed by atoms with van der Waals surface area (Å²) >= 11 is 14.7. The minimum atomic E-state index is -3.95. The Balaban J connectivity index is 2.43. The molecule has 0 unspecified atom stereocenters. The predicted molar refractivity (Wildman–Crippen MR) is 81.4 cm³/mol. The highest BCUT2D eigenvalue weighted by Gasteiger charge is 2.19. The molecule has 2 aromatic rings. The van der Waals surface area contributed by atoms with E-state index in [-0.39, 0.29) is 20.6 Å². The van der Waals surface area contributed by atoms with Crippen LogP contribution in [0.3, 0.4) is 0 Å². The molecule has 1 N–H and O–H groups in total. The number of sulfonamides is 1. The molecule has 0 radical (unpaired) electrons. The summed E-state index contributed by atoms with van der Waals surface area (Å²) in [6.45, 7) is 0. The summed E-state index contributed by atoms with van der Waals surface area (Å²) < 4.78 is 40.3. The zero-order valence-electron chi connectivity index (χ0n) is 9.70. The van der Waals surface area contributed by atoms with Gasteiger partial charge in [-0.05, 0) is 36.4 Å². The molecule has 106 valence electrons. The average Bonchev–Trinajstić information content (AvgIpc) is 2.30. The van der Waals surface area contributed by atoms with Crippen molar-refractivity contribution in [2.45, 2.75) is 4.90 Å². The van der Waals surface area contributed by atoms with Gasteiger partial charge in [0.25, 0.3) is 10.0 Å². The number of rotatable bonds is 3. The number of nitrogens with one attached hydrogen (secondary N) is 1. The summed E-state index contributed by atoms with van der Waals surface area (Å²) in [6, 6.07) is 7.77. The first-order valence-electron chi connectivity index (χ1n) is 5.22. The van der Waals surface area contributed by atoms with Crippen LogP contribution in [0.25, 0.3) is 0 Å². The van der Waals surface area contributed by atoms with Gasteiger partial charge in [0.15, 0.2) is 0 Å². The maximum absolute atomic E-state index is 13.2. The van der Waals surface area contributed by atoms with E-state index < -0.39 is 15.8 Å². The molecule has 3 nitrogen and oxygen atoms in total. The van der Waals surface area contributed by atoms with E-state index in [1.165, 1.54) is 30.3 Å². The van der Waals surface area contributed by atoms with Gasteiger partial charge in [0, 0.05) is 9.50 Å². The van der Waals surface area contributed by atoms with Gasteiger partial charge in [-0.2, -0.15) is 0 Å². The lowest BCUT2D eigenvalue weighted by molar-refractivity contribution is 0.601. The van der Waals surface area contributed by atoms with Crippen molar-refractivity contribution in [2.24, 2.45) is 0 Å². The third kappa shape index (κ3) is 3.63. The standard InChI is InChI=1S/C12H7BrCl2FNO2S/c13-7-3-9(16)6-10(4-7)17-20(18,19)12-5-8(14)1-2-11(12)15/h1-6,17H. The molecule has 0 fully saturated rings. The molecule has 2 rings (SSSR count). The van der Waals surface area contributed by atoms with Crippen LogP contribution in [0.4, 0.5) is 10.1 Å². The van der Waals surface area contributed by atoms with Gasteiger partial charge >= 0.3 is 0 Å². The Kier molecular flexibility index (Phi) is 4.59. The first kappa shape index (κ1) is 15.6. The Labute approximate surface area is 133 Å². The van der Waals surface area contributed by atoms with Gasteiger partial charge in [-0.15, -0.1) is 0 Å². The van der Waals surface area contributed by atoms with E-state index in [2.05, 4.69) is 20.7 Å². The monoisotopic (exact) mass is 397 g/mol. The normalized spacial score (nSPS) is 11.4. The predicted octanol–water partition coefficient (Wildman–Crippen LogP) is 4.70. The van der Waals surface area contributed by atoms with Gasteiger partial charge < -0.3 is 0 Å². The van der Waals surface area contributed by atoms with Gasteiger partial charge in [-0.25, -0.2) is 12.8 Å². The van der Waals surface area contributed by atoms with E-state index in [4.69, 9.17) is 23.2 Å². The minimum Gasteiger partial charge on any atom is -0.279 e. The number of benzene rings is 2. The molecule has 0 aliphatic heterocycles. The van der Waals surface area contributed by atoms with E-state index in [1.54, 1.807) is 0 Å². The molecule has 0 bridgehead atoms. The van der Waals surface area contributed by atoms with Gasteiger partial charge in [0.1, 0.15) is 10.7 Å². The van der Waals surface area contributed by atoms with Crippen LogP contribution >= 0.6 is 39.1 Å². The average molecular weight is 399 g/mol. The Bertz CT molecular complexity index is 748. The highest BCUT2D eigenvalue weighted by atomic mass is 79.9. The van der Waals surface area contributed by atoms with Crippen LogP contribution in [0.5, 0.6) is 0 Å². The van der Waals surface area contributed by atoms with Crippen molar-refractivity contribution in [1.29, 1.82) is 0 Å². The molecule has 0 aliphatic carbocycles. The quantitative estimate of drug-likeness (QED) is 0.814. The smallest absolute Gasteiger partial charge is 0.263 e. The van der Waals surface area contributed by atoms with Gasteiger partial charge in [0.2, 0.25) is 0 Å². The van der Waals surface area contributed by atoms with Gasteiger partial charge in [-0.1, -0.05) is 39.1 Å². The Hall–Kier alpha value is -0.820. The van der Waals surface area contributed by atoms with Gasteiger partial charge in [-0.3, -0.25) is 4.72 Å². The molecule has 0 spiro atoms. The molecular formula is C12H7BrCl2FNO2S. The molecule has 0 heterocycles. The molecule has 0 aliphatic rings. The van der Waals surface area contributed by atoms with Crippen LogP contribution < -0.4 is 4.72 Å². The minimum absolute atomic E-state index is 0.0253. The lowest BCUT2D eigenvalue weighted by atomic mass is 10.3. The van der Waals surface area contributed by atoms with Crippen molar-refractivity contribution in [1.82, 2.24) is 0 Å². The van der Waals surface area contributed by atoms with Crippen molar-refractivity contribution < 1.29 is 12.8 Å². The second kappa shape index (κ2) is 5.89. The molecular weight excluding hydrogens is 392 g/mol. The fourth-order valence-corrected chi connectivity index (χ4v) is 3.78. The van der Waals surface area contributed by atoms with Crippen molar-refractivity contribution >= 4 is 54.8 Å². The van der Waals surface area contributed by atoms with E-state index in [0.717, 1.165) is 6.07 Å². The van der Waals surface area contributed by atoms with Crippen LogP contribution in [-0.4, -0.2) is 8.42 Å². The number of anilines is 1. The molecule has 0 aromatic heterocycles. The summed E-state index contributed by atoms with van der Waals surface area (Å²) in [7, 11) is -3.95. The van der Waals surface area contributed by atoms with Crippen molar-refractivity contribution in [3.8, 4) is 0 Å². The number of hydrogen-bond donors (Lipinski definition) is 1.